The van der Waals surface area contributed by atoms with Crippen LogP contribution in [0.2, 0.25) is 0 Å². The van der Waals surface area contributed by atoms with Gasteiger partial charge in [-0.2, -0.15) is 5.10 Å². The molecular formula is C11H19N5O3. The minimum absolute atomic E-state index is 0.113. The van der Waals surface area contributed by atoms with E-state index in [2.05, 4.69) is 20.8 Å². The van der Waals surface area contributed by atoms with Crippen molar-refractivity contribution < 1.29 is 14.3 Å². The SMILES string of the molecule is CCc1[nH]nc(C(=O)NCC(=O)NCCOC)c1N. The van der Waals surface area contributed by atoms with Crippen LogP contribution in [0.25, 0.3) is 0 Å². The summed E-state index contributed by atoms with van der Waals surface area (Å²) in [4.78, 5) is 23.1. The number of methoxy groups -OCH3 is 1. The van der Waals surface area contributed by atoms with Gasteiger partial charge >= 0.3 is 0 Å². The minimum atomic E-state index is -0.477. The number of anilines is 1. The van der Waals surface area contributed by atoms with Gasteiger partial charge in [0.15, 0.2) is 5.69 Å². The fourth-order valence-electron chi connectivity index (χ4n) is 1.43. The lowest BCUT2D eigenvalue weighted by Crippen LogP contribution is -2.38. The molecule has 0 spiro atoms. The molecule has 0 bridgehead atoms. The first-order chi connectivity index (χ1) is 9.10. The number of hydrogen-bond donors (Lipinski definition) is 4. The van der Waals surface area contributed by atoms with E-state index in [1.807, 2.05) is 6.92 Å². The van der Waals surface area contributed by atoms with Gasteiger partial charge in [0.05, 0.1) is 24.5 Å². The van der Waals surface area contributed by atoms with Crippen LogP contribution in [-0.4, -0.2) is 48.8 Å². The van der Waals surface area contributed by atoms with E-state index in [-0.39, 0.29) is 18.1 Å². The van der Waals surface area contributed by atoms with Crippen LogP contribution in [0, 0.1) is 0 Å². The Morgan fingerprint density at radius 1 is 1.42 bits per heavy atom. The van der Waals surface area contributed by atoms with Crippen LogP contribution in [0.4, 0.5) is 5.69 Å². The topological polar surface area (TPSA) is 122 Å². The monoisotopic (exact) mass is 269 g/mol. The maximum absolute atomic E-state index is 11.8. The molecule has 0 aliphatic rings. The van der Waals surface area contributed by atoms with Gasteiger partial charge in [-0.05, 0) is 6.42 Å². The van der Waals surface area contributed by atoms with Crippen LogP contribution in [-0.2, 0) is 16.0 Å². The molecule has 0 fully saturated rings. The molecule has 0 aliphatic carbocycles. The third kappa shape index (κ3) is 4.25. The molecule has 0 aliphatic heterocycles. The van der Waals surface area contributed by atoms with Crippen LogP contribution in [0.3, 0.4) is 0 Å². The molecule has 1 heterocycles. The molecule has 2 amide bonds. The normalized spacial score (nSPS) is 10.2. The summed E-state index contributed by atoms with van der Waals surface area (Å²) in [5.74, 6) is -0.773. The van der Waals surface area contributed by atoms with Gasteiger partial charge in [0.1, 0.15) is 0 Å². The average Bonchev–Trinajstić information content (AvgIpc) is 2.77. The Balaban J connectivity index is 2.42. The molecule has 1 rings (SSSR count). The molecule has 106 valence electrons. The molecule has 0 saturated carbocycles. The van der Waals surface area contributed by atoms with E-state index in [4.69, 9.17) is 10.5 Å². The van der Waals surface area contributed by atoms with E-state index < -0.39 is 5.91 Å². The summed E-state index contributed by atoms with van der Waals surface area (Å²) >= 11 is 0. The standard InChI is InChI=1S/C11H19N5O3/c1-3-7-9(12)10(16-15-7)11(18)14-6-8(17)13-4-5-19-2/h3-6,12H2,1-2H3,(H,13,17)(H,14,18)(H,15,16). The molecule has 5 N–H and O–H groups in total. The van der Waals surface area contributed by atoms with Crippen molar-refractivity contribution in [3.63, 3.8) is 0 Å². The van der Waals surface area contributed by atoms with E-state index in [9.17, 15) is 9.59 Å². The molecule has 8 nitrogen and oxygen atoms in total. The first-order valence-electron chi connectivity index (χ1n) is 5.96. The Morgan fingerprint density at radius 3 is 2.74 bits per heavy atom. The van der Waals surface area contributed by atoms with Gasteiger partial charge in [0.25, 0.3) is 5.91 Å². The van der Waals surface area contributed by atoms with Gasteiger partial charge in [-0.15, -0.1) is 0 Å². The molecular weight excluding hydrogens is 250 g/mol. The van der Waals surface area contributed by atoms with Crippen molar-refractivity contribution in [2.24, 2.45) is 0 Å². The zero-order valence-corrected chi connectivity index (χ0v) is 11.1. The summed E-state index contributed by atoms with van der Waals surface area (Å²) in [6, 6.07) is 0. The van der Waals surface area contributed by atoms with Crippen LogP contribution in [0.1, 0.15) is 23.1 Å². The molecule has 0 saturated heterocycles. The van der Waals surface area contributed by atoms with Crippen molar-refractivity contribution >= 4 is 17.5 Å². The lowest BCUT2D eigenvalue weighted by molar-refractivity contribution is -0.120. The first kappa shape index (κ1) is 15.0. The lowest BCUT2D eigenvalue weighted by atomic mass is 10.2. The van der Waals surface area contributed by atoms with Crippen LogP contribution in [0.15, 0.2) is 0 Å². The Kier molecular flexibility index (Phi) is 5.80. The maximum atomic E-state index is 11.8. The predicted molar refractivity (Wildman–Crippen MR) is 69.6 cm³/mol. The van der Waals surface area contributed by atoms with Crippen LogP contribution < -0.4 is 16.4 Å². The van der Waals surface area contributed by atoms with Gasteiger partial charge in [-0.1, -0.05) is 6.92 Å². The van der Waals surface area contributed by atoms with E-state index in [1.165, 1.54) is 0 Å². The number of H-pyrrole nitrogens is 1. The Bertz CT molecular complexity index is 444. The highest BCUT2D eigenvalue weighted by atomic mass is 16.5. The number of nitrogens with zero attached hydrogens (tertiary/aromatic N) is 1. The number of nitrogen functional groups attached to an aromatic ring is 1. The van der Waals surface area contributed by atoms with E-state index in [0.717, 1.165) is 0 Å². The molecule has 1 aromatic heterocycles. The molecule has 8 heteroatoms. The number of nitrogens with one attached hydrogen (secondary N) is 3. The molecule has 0 atom stereocenters. The number of hydrogen-bond acceptors (Lipinski definition) is 5. The van der Waals surface area contributed by atoms with Crippen molar-refractivity contribution in [1.82, 2.24) is 20.8 Å². The largest absolute Gasteiger partial charge is 0.395 e. The Labute approximate surface area is 111 Å². The van der Waals surface area contributed by atoms with Crippen molar-refractivity contribution in [2.45, 2.75) is 13.3 Å². The highest BCUT2D eigenvalue weighted by Gasteiger charge is 2.16. The van der Waals surface area contributed by atoms with Crippen LogP contribution in [0.5, 0.6) is 0 Å². The highest BCUT2D eigenvalue weighted by molar-refractivity contribution is 5.99. The van der Waals surface area contributed by atoms with Crippen LogP contribution >= 0.6 is 0 Å². The maximum Gasteiger partial charge on any atom is 0.274 e. The Morgan fingerprint density at radius 2 is 2.16 bits per heavy atom. The summed E-state index contributed by atoms with van der Waals surface area (Å²) in [6.07, 6.45) is 0.656. The fourth-order valence-corrected chi connectivity index (χ4v) is 1.43. The van der Waals surface area contributed by atoms with Crippen molar-refractivity contribution in [3.8, 4) is 0 Å². The molecule has 0 aromatic carbocycles. The van der Waals surface area contributed by atoms with Gasteiger partial charge < -0.3 is 21.1 Å². The summed E-state index contributed by atoms with van der Waals surface area (Å²) in [7, 11) is 1.54. The lowest BCUT2D eigenvalue weighted by Gasteiger charge is -2.05. The number of ether oxygens (including phenoxy) is 1. The smallest absolute Gasteiger partial charge is 0.274 e. The van der Waals surface area contributed by atoms with E-state index in [0.29, 0.717) is 31.0 Å². The fraction of sp³-hybridized carbons (Fsp3) is 0.545. The number of carbonyl (C=O) groups is 2. The summed E-state index contributed by atoms with van der Waals surface area (Å²) in [5, 5.41) is 11.5. The predicted octanol–water partition coefficient (Wildman–Crippen LogP) is -0.953. The Hall–Kier alpha value is -2.09. The zero-order valence-electron chi connectivity index (χ0n) is 11.1. The quantitative estimate of drug-likeness (QED) is 0.475. The molecule has 0 unspecified atom stereocenters. The number of carbonyl (C=O) groups excluding carboxylic acids is 2. The third-order valence-corrected chi connectivity index (χ3v) is 2.49. The van der Waals surface area contributed by atoms with Gasteiger partial charge in [0, 0.05) is 13.7 Å². The van der Waals surface area contributed by atoms with Crippen molar-refractivity contribution in [2.75, 3.05) is 32.5 Å². The number of aryl methyl sites for hydroxylation is 1. The molecule has 1 aromatic rings. The minimum Gasteiger partial charge on any atom is -0.395 e. The second kappa shape index (κ2) is 7.37. The second-order valence-electron chi connectivity index (χ2n) is 3.84. The number of nitrogens with two attached hydrogens (primary N) is 1. The van der Waals surface area contributed by atoms with Gasteiger partial charge in [-0.25, -0.2) is 0 Å². The van der Waals surface area contributed by atoms with Crippen molar-refractivity contribution in [1.29, 1.82) is 0 Å². The average molecular weight is 269 g/mol. The second-order valence-corrected chi connectivity index (χ2v) is 3.84. The number of aromatic nitrogens is 2. The first-order valence-corrected chi connectivity index (χ1v) is 5.96. The zero-order chi connectivity index (χ0) is 14.3. The van der Waals surface area contributed by atoms with E-state index >= 15 is 0 Å². The summed E-state index contributed by atoms with van der Waals surface area (Å²) in [6.45, 7) is 2.59. The third-order valence-electron chi connectivity index (χ3n) is 2.49. The number of aromatic amines is 1. The highest BCUT2D eigenvalue weighted by Crippen LogP contribution is 2.13. The van der Waals surface area contributed by atoms with Crippen molar-refractivity contribution in [3.05, 3.63) is 11.4 Å². The summed E-state index contributed by atoms with van der Waals surface area (Å²) in [5.41, 5.74) is 6.88. The molecule has 19 heavy (non-hydrogen) atoms. The number of rotatable bonds is 7. The summed E-state index contributed by atoms with van der Waals surface area (Å²) < 4.78 is 4.79. The van der Waals surface area contributed by atoms with Gasteiger partial charge in [0.2, 0.25) is 5.91 Å². The number of amides is 2. The van der Waals surface area contributed by atoms with Gasteiger partial charge in [-0.3, -0.25) is 14.7 Å². The molecule has 0 radical (unpaired) electrons. The van der Waals surface area contributed by atoms with E-state index in [1.54, 1.807) is 7.11 Å².